The molecule has 0 aromatic rings. The Morgan fingerprint density at radius 2 is 2.40 bits per heavy atom. The van der Waals surface area contributed by atoms with Crippen molar-refractivity contribution in [3.63, 3.8) is 0 Å². The standard InChI is InChI=1S/C11H18O4/c1-2-13-10(12)6-5-9-15-11-7-3-4-8-14-11/h5-6,11H,2-4,7-9H2,1H3. The fraction of sp³-hybridized carbons (Fsp3) is 0.727. The fourth-order valence-corrected chi connectivity index (χ4v) is 1.34. The molecule has 4 heteroatoms. The zero-order valence-corrected chi connectivity index (χ0v) is 9.11. The maximum atomic E-state index is 10.9. The number of carbonyl (C=O) groups is 1. The highest BCUT2D eigenvalue weighted by atomic mass is 16.7. The van der Waals surface area contributed by atoms with Crippen LogP contribution in [0.15, 0.2) is 12.2 Å². The Morgan fingerprint density at radius 1 is 1.53 bits per heavy atom. The van der Waals surface area contributed by atoms with E-state index in [-0.39, 0.29) is 12.3 Å². The van der Waals surface area contributed by atoms with Crippen LogP contribution in [0.3, 0.4) is 0 Å². The van der Waals surface area contributed by atoms with Crippen molar-refractivity contribution in [2.75, 3.05) is 19.8 Å². The van der Waals surface area contributed by atoms with Crippen molar-refractivity contribution < 1.29 is 19.0 Å². The lowest BCUT2D eigenvalue weighted by Gasteiger charge is -2.21. The predicted octanol–water partition coefficient (Wildman–Crippen LogP) is 1.65. The SMILES string of the molecule is CCOC(=O)C=CCOC1CCCCO1. The quantitative estimate of drug-likeness (QED) is 0.515. The van der Waals surface area contributed by atoms with Gasteiger partial charge >= 0.3 is 5.97 Å². The molecule has 1 fully saturated rings. The fourth-order valence-electron chi connectivity index (χ4n) is 1.34. The number of rotatable bonds is 5. The first kappa shape index (κ1) is 12.2. The highest BCUT2D eigenvalue weighted by Crippen LogP contribution is 2.13. The molecule has 1 saturated heterocycles. The molecule has 0 radical (unpaired) electrons. The van der Waals surface area contributed by atoms with E-state index in [4.69, 9.17) is 14.2 Å². The topological polar surface area (TPSA) is 44.8 Å². The molecule has 1 aliphatic rings. The zero-order chi connectivity index (χ0) is 10.9. The van der Waals surface area contributed by atoms with Crippen LogP contribution in [0.25, 0.3) is 0 Å². The molecule has 15 heavy (non-hydrogen) atoms. The van der Waals surface area contributed by atoms with Gasteiger partial charge in [0.1, 0.15) is 0 Å². The molecule has 0 spiro atoms. The van der Waals surface area contributed by atoms with Crippen LogP contribution in [-0.4, -0.2) is 32.1 Å². The van der Waals surface area contributed by atoms with Gasteiger partial charge in [0.25, 0.3) is 0 Å². The van der Waals surface area contributed by atoms with E-state index >= 15 is 0 Å². The second kappa shape index (κ2) is 7.43. The van der Waals surface area contributed by atoms with Crippen molar-refractivity contribution in [2.24, 2.45) is 0 Å². The van der Waals surface area contributed by atoms with Gasteiger partial charge in [-0.1, -0.05) is 6.08 Å². The van der Waals surface area contributed by atoms with E-state index in [1.165, 1.54) is 6.08 Å². The van der Waals surface area contributed by atoms with E-state index in [1.807, 2.05) is 0 Å². The Balaban J connectivity index is 2.06. The van der Waals surface area contributed by atoms with Gasteiger partial charge in [-0.15, -0.1) is 0 Å². The first-order chi connectivity index (χ1) is 7.33. The summed E-state index contributed by atoms with van der Waals surface area (Å²) >= 11 is 0. The average molecular weight is 214 g/mol. The van der Waals surface area contributed by atoms with Gasteiger partial charge in [-0.25, -0.2) is 4.79 Å². The largest absolute Gasteiger partial charge is 0.463 e. The van der Waals surface area contributed by atoms with Crippen molar-refractivity contribution in [3.05, 3.63) is 12.2 Å². The van der Waals surface area contributed by atoms with Crippen molar-refractivity contribution in [1.29, 1.82) is 0 Å². The summed E-state index contributed by atoms with van der Waals surface area (Å²) in [5.41, 5.74) is 0. The van der Waals surface area contributed by atoms with Crippen LogP contribution in [0.1, 0.15) is 26.2 Å². The lowest BCUT2D eigenvalue weighted by atomic mass is 10.2. The minimum Gasteiger partial charge on any atom is -0.463 e. The minimum absolute atomic E-state index is 0.106. The number of esters is 1. The summed E-state index contributed by atoms with van der Waals surface area (Å²) in [6.45, 7) is 3.34. The van der Waals surface area contributed by atoms with E-state index < -0.39 is 0 Å². The molecule has 1 atom stereocenters. The van der Waals surface area contributed by atoms with Crippen molar-refractivity contribution >= 4 is 5.97 Å². The smallest absolute Gasteiger partial charge is 0.330 e. The molecule has 86 valence electrons. The Morgan fingerprint density at radius 3 is 3.07 bits per heavy atom. The molecule has 1 unspecified atom stereocenters. The summed E-state index contributed by atoms with van der Waals surface area (Å²) in [5.74, 6) is -0.328. The first-order valence-electron chi connectivity index (χ1n) is 5.39. The summed E-state index contributed by atoms with van der Waals surface area (Å²) < 4.78 is 15.5. The van der Waals surface area contributed by atoms with Gasteiger partial charge < -0.3 is 14.2 Å². The number of hydrogen-bond acceptors (Lipinski definition) is 4. The van der Waals surface area contributed by atoms with Gasteiger partial charge in [0.15, 0.2) is 6.29 Å². The lowest BCUT2D eigenvalue weighted by molar-refractivity contribution is -0.155. The highest BCUT2D eigenvalue weighted by Gasteiger charge is 2.12. The van der Waals surface area contributed by atoms with E-state index in [2.05, 4.69) is 0 Å². The second-order valence-electron chi connectivity index (χ2n) is 3.28. The van der Waals surface area contributed by atoms with E-state index in [1.54, 1.807) is 13.0 Å². The molecule has 0 saturated carbocycles. The van der Waals surface area contributed by atoms with Crippen molar-refractivity contribution in [2.45, 2.75) is 32.5 Å². The van der Waals surface area contributed by atoms with Crippen LogP contribution in [-0.2, 0) is 19.0 Å². The summed E-state index contributed by atoms with van der Waals surface area (Å²) in [4.78, 5) is 10.9. The molecular formula is C11H18O4. The van der Waals surface area contributed by atoms with Gasteiger partial charge in [0.05, 0.1) is 13.2 Å². The zero-order valence-electron chi connectivity index (χ0n) is 9.11. The molecule has 1 heterocycles. The molecule has 0 bridgehead atoms. The summed E-state index contributed by atoms with van der Waals surface area (Å²) in [6, 6.07) is 0. The minimum atomic E-state index is -0.328. The van der Waals surface area contributed by atoms with E-state index in [0.29, 0.717) is 13.2 Å². The number of hydrogen-bond donors (Lipinski definition) is 0. The van der Waals surface area contributed by atoms with Crippen molar-refractivity contribution in [1.82, 2.24) is 0 Å². The summed E-state index contributed by atoms with van der Waals surface area (Å²) in [6.07, 6.45) is 6.12. The maximum absolute atomic E-state index is 10.9. The van der Waals surface area contributed by atoms with Gasteiger partial charge in [0, 0.05) is 12.7 Å². The van der Waals surface area contributed by atoms with Crippen LogP contribution in [0, 0.1) is 0 Å². The first-order valence-corrected chi connectivity index (χ1v) is 5.39. The van der Waals surface area contributed by atoms with E-state index in [0.717, 1.165) is 25.9 Å². The maximum Gasteiger partial charge on any atom is 0.330 e. The highest BCUT2D eigenvalue weighted by molar-refractivity contribution is 5.81. The van der Waals surface area contributed by atoms with Crippen LogP contribution < -0.4 is 0 Å². The van der Waals surface area contributed by atoms with Crippen LogP contribution >= 0.6 is 0 Å². The van der Waals surface area contributed by atoms with Crippen LogP contribution in [0.5, 0.6) is 0 Å². The molecular weight excluding hydrogens is 196 g/mol. The Hall–Kier alpha value is -0.870. The van der Waals surface area contributed by atoms with Crippen LogP contribution in [0.2, 0.25) is 0 Å². The van der Waals surface area contributed by atoms with Crippen LogP contribution in [0.4, 0.5) is 0 Å². The van der Waals surface area contributed by atoms with Gasteiger partial charge in [-0.3, -0.25) is 0 Å². The second-order valence-corrected chi connectivity index (χ2v) is 3.28. The molecule has 0 aromatic carbocycles. The molecule has 0 aliphatic carbocycles. The molecule has 4 nitrogen and oxygen atoms in total. The van der Waals surface area contributed by atoms with Crippen molar-refractivity contribution in [3.8, 4) is 0 Å². The van der Waals surface area contributed by atoms with Gasteiger partial charge in [-0.05, 0) is 26.2 Å². The molecule has 0 amide bonds. The Kier molecular flexibility index (Phi) is 6.04. The average Bonchev–Trinajstić information content (AvgIpc) is 2.26. The lowest BCUT2D eigenvalue weighted by Crippen LogP contribution is -2.22. The third-order valence-corrected chi connectivity index (χ3v) is 2.06. The third-order valence-electron chi connectivity index (χ3n) is 2.06. The Bertz CT molecular complexity index is 207. The molecule has 1 aliphatic heterocycles. The van der Waals surface area contributed by atoms with Gasteiger partial charge in [-0.2, -0.15) is 0 Å². The molecule has 1 rings (SSSR count). The predicted molar refractivity (Wildman–Crippen MR) is 55.3 cm³/mol. The van der Waals surface area contributed by atoms with Gasteiger partial charge in [0.2, 0.25) is 0 Å². The molecule has 0 N–H and O–H groups in total. The third kappa shape index (κ3) is 5.54. The number of ether oxygens (including phenoxy) is 3. The van der Waals surface area contributed by atoms with E-state index in [9.17, 15) is 4.79 Å². The normalized spacial score (nSPS) is 21.8. The molecule has 0 aromatic heterocycles. The number of carbonyl (C=O) groups excluding carboxylic acids is 1. The Labute approximate surface area is 90.2 Å². The summed E-state index contributed by atoms with van der Waals surface area (Å²) in [5, 5.41) is 0. The monoisotopic (exact) mass is 214 g/mol. The summed E-state index contributed by atoms with van der Waals surface area (Å²) in [7, 11) is 0.